The fraction of sp³-hybridized carbons (Fsp3) is 0.333. The molecule has 0 unspecified atom stereocenters. The number of methoxy groups -OCH3 is 1. The van der Waals surface area contributed by atoms with Gasteiger partial charge in [-0.1, -0.05) is 50.2 Å². The molecule has 2 aliphatic rings. The quantitative estimate of drug-likeness (QED) is 0.690. The van der Waals surface area contributed by atoms with Crippen LogP contribution in [-0.4, -0.2) is 12.9 Å². The van der Waals surface area contributed by atoms with Crippen LogP contribution in [0.5, 0.6) is 11.5 Å². The molecule has 0 radical (unpaired) electrons. The summed E-state index contributed by atoms with van der Waals surface area (Å²) in [7, 11) is 1.60. The molecule has 0 aromatic heterocycles. The molecule has 2 aromatic rings. The summed E-state index contributed by atoms with van der Waals surface area (Å²) >= 11 is 0. The zero-order valence-corrected chi connectivity index (χ0v) is 19.0. The topological polar surface area (TPSA) is 71.3 Å². The van der Waals surface area contributed by atoms with Crippen molar-refractivity contribution in [2.75, 3.05) is 7.11 Å². The van der Waals surface area contributed by atoms with Crippen LogP contribution in [0, 0.1) is 16.7 Å². The van der Waals surface area contributed by atoms with Gasteiger partial charge in [0, 0.05) is 23.4 Å². The summed E-state index contributed by atoms with van der Waals surface area (Å²) in [5.41, 5.74) is 4.78. The first-order chi connectivity index (χ1) is 15.3. The molecule has 0 saturated carbocycles. The summed E-state index contributed by atoms with van der Waals surface area (Å²) in [6.07, 6.45) is 1.24. The number of carbonyl (C=O) groups excluding carboxylic acids is 1. The Balaban J connectivity index is 1.76. The van der Waals surface area contributed by atoms with Crippen LogP contribution in [0.1, 0.15) is 50.7 Å². The standard InChI is InChI=1S/C27H28N2O3/c1-17-20(15-28)25(26-21(29-17)13-27(2,3)14-22(26)30)19-10-11-23(31-4)24(12-19)32-16-18-8-6-5-7-9-18/h5-12,25,29H,13-14,16H2,1-4H3/t25-/m1/s1. The number of hydrogen-bond donors (Lipinski definition) is 1. The Labute approximate surface area is 189 Å². The van der Waals surface area contributed by atoms with E-state index in [1.165, 1.54) is 0 Å². The van der Waals surface area contributed by atoms with E-state index in [1.54, 1.807) is 7.11 Å². The van der Waals surface area contributed by atoms with Crippen LogP contribution in [0.4, 0.5) is 0 Å². The van der Waals surface area contributed by atoms with Crippen LogP contribution in [-0.2, 0) is 11.4 Å². The molecule has 1 aliphatic carbocycles. The number of nitrogens with zero attached hydrogens (tertiary/aromatic N) is 1. The summed E-state index contributed by atoms with van der Waals surface area (Å²) in [5.74, 6) is 0.887. The van der Waals surface area contributed by atoms with Gasteiger partial charge in [-0.2, -0.15) is 5.26 Å². The summed E-state index contributed by atoms with van der Waals surface area (Å²) in [6, 6.07) is 17.9. The number of Topliss-reactive ketones (excluding diaryl/α,β-unsaturated/α-hetero) is 1. The van der Waals surface area contributed by atoms with Gasteiger partial charge in [0.15, 0.2) is 17.3 Å². The first-order valence-electron chi connectivity index (χ1n) is 10.8. The molecule has 1 heterocycles. The van der Waals surface area contributed by atoms with Crippen LogP contribution < -0.4 is 14.8 Å². The lowest BCUT2D eigenvalue weighted by molar-refractivity contribution is -0.118. The third-order valence-corrected chi connectivity index (χ3v) is 6.12. The number of dihydropyridines is 1. The Morgan fingerprint density at radius 1 is 1.12 bits per heavy atom. The maximum atomic E-state index is 13.2. The Morgan fingerprint density at radius 2 is 1.88 bits per heavy atom. The van der Waals surface area contributed by atoms with E-state index in [9.17, 15) is 10.1 Å². The smallest absolute Gasteiger partial charge is 0.162 e. The van der Waals surface area contributed by atoms with E-state index < -0.39 is 5.92 Å². The monoisotopic (exact) mass is 428 g/mol. The second-order valence-corrected chi connectivity index (χ2v) is 9.23. The molecule has 5 nitrogen and oxygen atoms in total. The van der Waals surface area contributed by atoms with Crippen molar-refractivity contribution in [1.82, 2.24) is 5.32 Å². The molecule has 5 heteroatoms. The van der Waals surface area contributed by atoms with Gasteiger partial charge in [0.05, 0.1) is 24.7 Å². The molecule has 1 atom stereocenters. The number of ketones is 1. The van der Waals surface area contributed by atoms with Crippen molar-refractivity contribution in [2.24, 2.45) is 5.41 Å². The third kappa shape index (κ3) is 4.13. The molecular weight excluding hydrogens is 400 g/mol. The highest BCUT2D eigenvalue weighted by Crippen LogP contribution is 2.47. The average molecular weight is 429 g/mol. The van der Waals surface area contributed by atoms with Crippen LogP contribution in [0.25, 0.3) is 0 Å². The maximum Gasteiger partial charge on any atom is 0.162 e. The van der Waals surface area contributed by atoms with Gasteiger partial charge >= 0.3 is 0 Å². The van der Waals surface area contributed by atoms with Crippen molar-refractivity contribution in [3.05, 3.63) is 82.2 Å². The van der Waals surface area contributed by atoms with Gasteiger partial charge < -0.3 is 14.8 Å². The van der Waals surface area contributed by atoms with Crippen LogP contribution in [0.3, 0.4) is 0 Å². The lowest BCUT2D eigenvalue weighted by Gasteiger charge is -2.38. The fourth-order valence-electron chi connectivity index (χ4n) is 4.64. The van der Waals surface area contributed by atoms with Crippen molar-refractivity contribution >= 4 is 5.78 Å². The molecular formula is C27H28N2O3. The van der Waals surface area contributed by atoms with Crippen LogP contribution in [0.15, 0.2) is 71.1 Å². The molecule has 1 N–H and O–H groups in total. The van der Waals surface area contributed by atoms with Gasteiger partial charge in [0.2, 0.25) is 0 Å². The van der Waals surface area contributed by atoms with Gasteiger partial charge in [0.1, 0.15) is 6.61 Å². The molecule has 2 aromatic carbocycles. The lowest BCUT2D eigenvalue weighted by Crippen LogP contribution is -2.36. The number of nitriles is 1. The highest BCUT2D eigenvalue weighted by molar-refractivity contribution is 6.00. The molecule has 1 aliphatic heterocycles. The second-order valence-electron chi connectivity index (χ2n) is 9.23. The van der Waals surface area contributed by atoms with Gasteiger partial charge in [-0.25, -0.2) is 0 Å². The summed E-state index contributed by atoms with van der Waals surface area (Å²) in [5, 5.41) is 13.3. The van der Waals surface area contributed by atoms with Crippen LogP contribution in [0.2, 0.25) is 0 Å². The summed E-state index contributed by atoms with van der Waals surface area (Å²) < 4.78 is 11.6. The maximum absolute atomic E-state index is 13.2. The number of rotatable bonds is 5. The highest BCUT2D eigenvalue weighted by atomic mass is 16.5. The molecule has 4 rings (SSSR count). The molecule has 32 heavy (non-hydrogen) atoms. The van der Waals surface area contributed by atoms with Crippen molar-refractivity contribution in [2.45, 2.75) is 46.1 Å². The zero-order chi connectivity index (χ0) is 22.9. The van der Waals surface area contributed by atoms with Gasteiger partial charge in [-0.3, -0.25) is 4.79 Å². The molecule has 0 amide bonds. The van der Waals surface area contributed by atoms with E-state index in [1.807, 2.05) is 55.5 Å². The average Bonchev–Trinajstić information content (AvgIpc) is 2.76. The predicted molar refractivity (Wildman–Crippen MR) is 123 cm³/mol. The number of carbonyl (C=O) groups is 1. The van der Waals surface area contributed by atoms with E-state index >= 15 is 0 Å². The Kier molecular flexibility index (Phi) is 5.80. The van der Waals surface area contributed by atoms with Crippen molar-refractivity contribution in [3.8, 4) is 17.6 Å². The summed E-state index contributed by atoms with van der Waals surface area (Å²) in [4.78, 5) is 13.2. The van der Waals surface area contributed by atoms with Gasteiger partial charge in [-0.05, 0) is 42.0 Å². The lowest BCUT2D eigenvalue weighted by atomic mass is 9.69. The number of nitrogens with one attached hydrogen (secondary N) is 1. The Morgan fingerprint density at radius 3 is 2.56 bits per heavy atom. The van der Waals surface area contributed by atoms with E-state index in [2.05, 4.69) is 25.2 Å². The minimum atomic E-state index is -0.412. The molecule has 0 spiro atoms. The van der Waals surface area contributed by atoms with E-state index in [0.717, 1.165) is 28.9 Å². The first kappa shape index (κ1) is 21.7. The SMILES string of the molecule is COc1ccc([C@@H]2C(C#N)=C(C)NC3=C2C(=O)CC(C)(C)C3)cc1OCc1ccccc1. The highest BCUT2D eigenvalue weighted by Gasteiger charge is 2.41. The van der Waals surface area contributed by atoms with E-state index in [4.69, 9.17) is 9.47 Å². The minimum Gasteiger partial charge on any atom is -0.493 e. The molecule has 0 bridgehead atoms. The fourth-order valence-corrected chi connectivity index (χ4v) is 4.64. The van der Waals surface area contributed by atoms with Gasteiger partial charge in [0.25, 0.3) is 0 Å². The Bertz CT molecular complexity index is 1150. The molecule has 164 valence electrons. The van der Waals surface area contributed by atoms with Gasteiger partial charge in [-0.15, -0.1) is 0 Å². The third-order valence-electron chi connectivity index (χ3n) is 6.12. The van der Waals surface area contributed by atoms with Crippen LogP contribution >= 0.6 is 0 Å². The van der Waals surface area contributed by atoms with E-state index in [0.29, 0.717) is 35.7 Å². The van der Waals surface area contributed by atoms with Crippen molar-refractivity contribution in [3.63, 3.8) is 0 Å². The number of allylic oxidation sites excluding steroid dienone is 4. The predicted octanol–water partition coefficient (Wildman–Crippen LogP) is 5.40. The largest absolute Gasteiger partial charge is 0.493 e. The zero-order valence-electron chi connectivity index (χ0n) is 19.0. The minimum absolute atomic E-state index is 0.0940. The number of benzene rings is 2. The normalized spacial score (nSPS) is 19.7. The number of hydrogen-bond acceptors (Lipinski definition) is 5. The summed E-state index contributed by atoms with van der Waals surface area (Å²) in [6.45, 7) is 6.51. The van der Waals surface area contributed by atoms with Crippen molar-refractivity contribution < 1.29 is 14.3 Å². The first-order valence-corrected chi connectivity index (χ1v) is 10.8. The van der Waals surface area contributed by atoms with E-state index in [-0.39, 0.29) is 11.2 Å². The Hall–Kier alpha value is -3.52. The number of ether oxygens (including phenoxy) is 2. The van der Waals surface area contributed by atoms with Crippen molar-refractivity contribution in [1.29, 1.82) is 5.26 Å². The second kappa shape index (κ2) is 8.55. The molecule has 0 saturated heterocycles. The molecule has 0 fully saturated rings.